The zero-order valence-corrected chi connectivity index (χ0v) is 18.0. The van der Waals surface area contributed by atoms with Gasteiger partial charge in [0.05, 0.1) is 5.69 Å². The van der Waals surface area contributed by atoms with E-state index in [-0.39, 0.29) is 5.91 Å². The second-order valence-corrected chi connectivity index (χ2v) is 7.57. The van der Waals surface area contributed by atoms with Crippen LogP contribution in [0.2, 0.25) is 0 Å². The Hall–Kier alpha value is -3.78. The normalized spacial score (nSPS) is 14.9. The van der Waals surface area contributed by atoms with Crippen molar-refractivity contribution >= 4 is 17.4 Å². The van der Waals surface area contributed by atoms with Gasteiger partial charge in [-0.25, -0.2) is 4.98 Å². The molecule has 1 aliphatic rings. The molecule has 4 rings (SSSR count). The average Bonchev–Trinajstić information content (AvgIpc) is 2.83. The molecule has 0 bridgehead atoms. The number of amides is 1. The van der Waals surface area contributed by atoms with Crippen LogP contribution in [0.15, 0.2) is 72.1 Å². The molecule has 1 fully saturated rings. The highest BCUT2D eigenvalue weighted by Gasteiger charge is 2.22. The highest BCUT2D eigenvalue weighted by molar-refractivity contribution is 6.11. The molecule has 1 amide bonds. The third-order valence-corrected chi connectivity index (χ3v) is 5.41. The van der Waals surface area contributed by atoms with Crippen LogP contribution in [0, 0.1) is 0 Å². The molecular weight excluding hydrogens is 404 g/mol. The third-order valence-electron chi connectivity index (χ3n) is 5.41. The quantitative estimate of drug-likeness (QED) is 0.477. The molecule has 2 aromatic heterocycles. The van der Waals surface area contributed by atoms with Crippen LogP contribution in [0.3, 0.4) is 0 Å². The number of rotatable bonds is 6. The summed E-state index contributed by atoms with van der Waals surface area (Å²) in [5.41, 5.74) is 9.72. The lowest BCUT2D eigenvalue weighted by molar-refractivity contribution is 0.0628. The monoisotopic (exact) mass is 430 g/mol. The second-order valence-electron chi connectivity index (χ2n) is 7.57. The molecule has 8 heteroatoms. The molecule has 32 heavy (non-hydrogen) atoms. The van der Waals surface area contributed by atoms with Crippen molar-refractivity contribution in [2.75, 3.05) is 39.0 Å². The Labute approximate surface area is 187 Å². The Morgan fingerprint density at radius 2 is 1.75 bits per heavy atom. The van der Waals surface area contributed by atoms with Crippen molar-refractivity contribution in [1.82, 2.24) is 19.8 Å². The number of hydrogen-bond donors (Lipinski definition) is 1. The first-order chi connectivity index (χ1) is 15.6. The fraction of sp³-hybridized carbons (Fsp3) is 0.250. The average molecular weight is 431 g/mol. The van der Waals surface area contributed by atoms with Gasteiger partial charge in [0, 0.05) is 56.2 Å². The Balaban J connectivity index is 1.38. The van der Waals surface area contributed by atoms with E-state index in [1.54, 1.807) is 12.4 Å². The van der Waals surface area contributed by atoms with Crippen molar-refractivity contribution in [3.63, 3.8) is 0 Å². The molecule has 2 N–H and O–H groups in total. The minimum absolute atomic E-state index is 0.0346. The molecule has 0 aliphatic carbocycles. The van der Waals surface area contributed by atoms with Crippen molar-refractivity contribution in [1.29, 1.82) is 0 Å². The van der Waals surface area contributed by atoms with Crippen LogP contribution in [0.5, 0.6) is 0 Å². The van der Waals surface area contributed by atoms with E-state index >= 15 is 0 Å². The highest BCUT2D eigenvalue weighted by Crippen LogP contribution is 2.15. The van der Waals surface area contributed by atoms with Gasteiger partial charge in [0.15, 0.2) is 0 Å². The summed E-state index contributed by atoms with van der Waals surface area (Å²) >= 11 is 0. The van der Waals surface area contributed by atoms with Crippen LogP contribution in [0.25, 0.3) is 0 Å². The van der Waals surface area contributed by atoms with Crippen molar-refractivity contribution in [3.8, 4) is 0 Å². The third kappa shape index (κ3) is 5.09. The zero-order chi connectivity index (χ0) is 22.3. The summed E-state index contributed by atoms with van der Waals surface area (Å²) in [4.78, 5) is 30.6. The van der Waals surface area contributed by atoms with Crippen LogP contribution in [0.4, 0.5) is 5.82 Å². The fourth-order valence-corrected chi connectivity index (χ4v) is 3.75. The standard InChI is InChI=1S/C24H26N6O2/c1-32-28-23(21-4-2-3-10-26-21)19-5-7-20(8-6-19)24(31)30-14-12-29(13-15-30)17-18-9-11-27-22(25)16-18/h2-11,16H,12-15,17H2,1H3,(H2,25,27). The van der Waals surface area contributed by atoms with E-state index < -0.39 is 0 Å². The smallest absolute Gasteiger partial charge is 0.253 e. The molecule has 0 spiro atoms. The number of pyridine rings is 2. The van der Waals surface area contributed by atoms with Crippen molar-refractivity contribution in [3.05, 3.63) is 89.4 Å². The summed E-state index contributed by atoms with van der Waals surface area (Å²) in [5.74, 6) is 0.564. The van der Waals surface area contributed by atoms with E-state index in [1.165, 1.54) is 7.11 Å². The van der Waals surface area contributed by atoms with Gasteiger partial charge in [0.25, 0.3) is 5.91 Å². The first-order valence-electron chi connectivity index (χ1n) is 10.5. The van der Waals surface area contributed by atoms with Crippen LogP contribution < -0.4 is 5.73 Å². The number of nitrogens with two attached hydrogens (primary N) is 1. The summed E-state index contributed by atoms with van der Waals surface area (Å²) in [6, 6.07) is 16.9. The predicted octanol–water partition coefficient (Wildman–Crippen LogP) is 2.42. The Kier molecular flexibility index (Phi) is 6.72. The number of nitrogens with zero attached hydrogens (tertiary/aromatic N) is 5. The maximum atomic E-state index is 13.0. The molecule has 0 unspecified atom stereocenters. The lowest BCUT2D eigenvalue weighted by Crippen LogP contribution is -2.48. The van der Waals surface area contributed by atoms with Gasteiger partial charge in [-0.15, -0.1) is 0 Å². The maximum absolute atomic E-state index is 13.0. The maximum Gasteiger partial charge on any atom is 0.253 e. The number of piperazine rings is 1. The van der Waals surface area contributed by atoms with Crippen molar-refractivity contribution in [2.45, 2.75) is 6.54 Å². The van der Waals surface area contributed by atoms with E-state index in [2.05, 4.69) is 20.0 Å². The Bertz CT molecular complexity index is 1080. The number of anilines is 1. The van der Waals surface area contributed by atoms with Crippen molar-refractivity contribution < 1.29 is 9.63 Å². The van der Waals surface area contributed by atoms with E-state index in [0.717, 1.165) is 30.8 Å². The lowest BCUT2D eigenvalue weighted by atomic mass is 10.0. The molecular formula is C24H26N6O2. The van der Waals surface area contributed by atoms with E-state index in [9.17, 15) is 4.79 Å². The number of benzene rings is 1. The SMILES string of the molecule is CON=C(c1ccc(C(=O)N2CCN(Cc3ccnc(N)c3)CC2)cc1)c1ccccn1. The molecule has 1 aromatic carbocycles. The molecule has 164 valence electrons. The van der Waals surface area contributed by atoms with E-state index in [1.807, 2.05) is 59.5 Å². The molecule has 3 heterocycles. The largest absolute Gasteiger partial charge is 0.399 e. The van der Waals surface area contributed by atoms with Crippen molar-refractivity contribution in [2.24, 2.45) is 5.16 Å². The Morgan fingerprint density at radius 3 is 2.41 bits per heavy atom. The van der Waals surface area contributed by atoms with Gasteiger partial charge in [-0.2, -0.15) is 0 Å². The number of carbonyl (C=O) groups is 1. The number of hydrogen-bond acceptors (Lipinski definition) is 7. The van der Waals surface area contributed by atoms with E-state index in [4.69, 9.17) is 10.6 Å². The molecule has 1 aliphatic heterocycles. The molecule has 8 nitrogen and oxygen atoms in total. The summed E-state index contributed by atoms with van der Waals surface area (Å²) in [6.45, 7) is 3.81. The van der Waals surface area contributed by atoms with Gasteiger partial charge in [-0.1, -0.05) is 23.4 Å². The summed E-state index contributed by atoms with van der Waals surface area (Å²) < 4.78 is 0. The molecule has 1 saturated heterocycles. The van der Waals surface area contributed by atoms with Gasteiger partial charge >= 0.3 is 0 Å². The first kappa shape index (κ1) is 21.5. The van der Waals surface area contributed by atoms with Gasteiger partial charge < -0.3 is 15.5 Å². The minimum atomic E-state index is 0.0346. The topological polar surface area (TPSA) is 96.9 Å². The molecule has 0 saturated carbocycles. The van der Waals surface area contributed by atoms with Gasteiger partial charge in [-0.3, -0.25) is 14.7 Å². The highest BCUT2D eigenvalue weighted by atomic mass is 16.6. The predicted molar refractivity (Wildman–Crippen MR) is 123 cm³/mol. The first-order valence-corrected chi connectivity index (χ1v) is 10.5. The number of nitrogen functional groups attached to an aromatic ring is 1. The minimum Gasteiger partial charge on any atom is -0.399 e. The van der Waals surface area contributed by atoms with Gasteiger partial charge in [0.2, 0.25) is 0 Å². The Morgan fingerprint density at radius 1 is 1.00 bits per heavy atom. The lowest BCUT2D eigenvalue weighted by Gasteiger charge is -2.34. The van der Waals surface area contributed by atoms with Gasteiger partial charge in [0.1, 0.15) is 18.6 Å². The molecule has 0 radical (unpaired) electrons. The summed E-state index contributed by atoms with van der Waals surface area (Å²) in [6.07, 6.45) is 3.44. The molecule has 0 atom stereocenters. The number of oxime groups is 1. The van der Waals surface area contributed by atoms with Crippen LogP contribution in [0.1, 0.15) is 27.2 Å². The van der Waals surface area contributed by atoms with Crippen LogP contribution in [-0.4, -0.2) is 64.7 Å². The molecule has 3 aromatic rings. The second kappa shape index (κ2) is 10.0. The number of aromatic nitrogens is 2. The van der Waals surface area contributed by atoms with Gasteiger partial charge in [-0.05, 0) is 42.0 Å². The van der Waals surface area contributed by atoms with E-state index in [0.29, 0.717) is 35.9 Å². The summed E-state index contributed by atoms with van der Waals surface area (Å²) in [7, 11) is 1.50. The van der Waals surface area contributed by atoms with Crippen LogP contribution >= 0.6 is 0 Å². The number of carbonyl (C=O) groups excluding carboxylic acids is 1. The fourth-order valence-electron chi connectivity index (χ4n) is 3.75. The zero-order valence-electron chi connectivity index (χ0n) is 18.0. The van der Waals surface area contributed by atoms with Crippen LogP contribution in [-0.2, 0) is 11.4 Å². The summed E-state index contributed by atoms with van der Waals surface area (Å²) in [5, 5.41) is 4.12.